The highest BCUT2D eigenvalue weighted by atomic mass is 19.1. The van der Waals surface area contributed by atoms with Gasteiger partial charge in [-0.3, -0.25) is 10.2 Å². The Bertz CT molecular complexity index is 298. The van der Waals surface area contributed by atoms with Crippen molar-refractivity contribution in [1.82, 2.24) is 10.2 Å². The Labute approximate surface area is 102 Å². The van der Waals surface area contributed by atoms with Crippen LogP contribution in [0.4, 0.5) is 8.78 Å². The molecule has 0 heterocycles. The number of nitrogens with one attached hydrogen (secondary N) is 1. The van der Waals surface area contributed by atoms with Crippen LogP contribution in [0.1, 0.15) is 27.2 Å². The van der Waals surface area contributed by atoms with E-state index in [4.69, 9.17) is 0 Å². The first-order chi connectivity index (χ1) is 8.00. The van der Waals surface area contributed by atoms with Gasteiger partial charge in [-0.15, -0.1) is 0 Å². The second-order valence-electron chi connectivity index (χ2n) is 4.44. The lowest BCUT2D eigenvalue weighted by molar-refractivity contribution is 0.145. The summed E-state index contributed by atoms with van der Waals surface area (Å²) < 4.78 is 26.9. The molecule has 2 unspecified atom stereocenters. The predicted octanol–water partition coefficient (Wildman–Crippen LogP) is 2.79. The van der Waals surface area contributed by atoms with Crippen LogP contribution < -0.4 is 5.32 Å². The van der Waals surface area contributed by atoms with Crippen LogP contribution in [0.5, 0.6) is 0 Å². The third-order valence-corrected chi connectivity index (χ3v) is 3.23. The van der Waals surface area contributed by atoms with Crippen molar-refractivity contribution in [3.05, 3.63) is 24.1 Å². The van der Waals surface area contributed by atoms with Crippen molar-refractivity contribution in [3.63, 3.8) is 0 Å². The minimum Gasteiger partial charge on any atom is -0.300 e. The van der Waals surface area contributed by atoms with Crippen molar-refractivity contribution in [3.8, 4) is 0 Å². The van der Waals surface area contributed by atoms with Gasteiger partial charge in [0.05, 0.1) is 0 Å². The lowest BCUT2D eigenvalue weighted by Crippen LogP contribution is -2.47. The van der Waals surface area contributed by atoms with E-state index in [-0.39, 0.29) is 18.3 Å². The molecule has 2 atom stereocenters. The fourth-order valence-electron chi connectivity index (χ4n) is 2.02. The topological polar surface area (TPSA) is 15.3 Å². The molecule has 0 bridgehead atoms. The summed E-state index contributed by atoms with van der Waals surface area (Å²) in [7, 11) is 0. The highest BCUT2D eigenvalue weighted by Crippen LogP contribution is 2.23. The van der Waals surface area contributed by atoms with Gasteiger partial charge >= 0.3 is 0 Å². The molecule has 98 valence electrons. The largest absolute Gasteiger partial charge is 0.300 e. The van der Waals surface area contributed by atoms with E-state index in [0.29, 0.717) is 6.54 Å². The molecular formula is C13H22F2N2. The summed E-state index contributed by atoms with van der Waals surface area (Å²) in [6, 6.07) is 0.266. The van der Waals surface area contributed by atoms with Crippen LogP contribution in [0.15, 0.2) is 24.1 Å². The Morgan fingerprint density at radius 1 is 1.47 bits per heavy atom. The Morgan fingerprint density at radius 3 is 2.59 bits per heavy atom. The first kappa shape index (κ1) is 14.3. The number of hydrogen-bond acceptors (Lipinski definition) is 2. The van der Waals surface area contributed by atoms with Gasteiger partial charge in [-0.25, -0.2) is 8.78 Å². The third kappa shape index (κ3) is 4.21. The van der Waals surface area contributed by atoms with Crippen LogP contribution in [-0.4, -0.2) is 36.4 Å². The molecule has 0 fully saturated rings. The van der Waals surface area contributed by atoms with E-state index >= 15 is 0 Å². The fraction of sp³-hybridized carbons (Fsp3) is 0.692. The van der Waals surface area contributed by atoms with Gasteiger partial charge < -0.3 is 0 Å². The van der Waals surface area contributed by atoms with E-state index in [0.717, 1.165) is 13.1 Å². The summed E-state index contributed by atoms with van der Waals surface area (Å²) >= 11 is 0. The summed E-state index contributed by atoms with van der Waals surface area (Å²) in [4.78, 5) is 2.25. The zero-order valence-corrected chi connectivity index (χ0v) is 10.8. The Hall–Kier alpha value is -0.740. The van der Waals surface area contributed by atoms with Crippen molar-refractivity contribution in [2.75, 3.05) is 19.6 Å². The van der Waals surface area contributed by atoms with Gasteiger partial charge in [-0.2, -0.15) is 0 Å². The zero-order chi connectivity index (χ0) is 12.9. The van der Waals surface area contributed by atoms with E-state index in [2.05, 4.69) is 31.0 Å². The number of rotatable bonds is 6. The van der Waals surface area contributed by atoms with Crippen LogP contribution in [0, 0.1) is 0 Å². The highest BCUT2D eigenvalue weighted by molar-refractivity contribution is 5.22. The average molecular weight is 244 g/mol. The van der Waals surface area contributed by atoms with Crippen LogP contribution >= 0.6 is 0 Å². The number of halogens is 2. The minimum atomic E-state index is -1.60. The molecule has 17 heavy (non-hydrogen) atoms. The van der Waals surface area contributed by atoms with Crippen molar-refractivity contribution < 1.29 is 8.78 Å². The standard InChI is InChI=1S/C13H22F2N2/c1-4-17(5-2)11(3)10-16-13(15)8-6-12(14)7-9-13/h6-8,11,16H,4-5,9-10H2,1-3H3. The van der Waals surface area contributed by atoms with Gasteiger partial charge in [0.15, 0.2) is 5.79 Å². The smallest absolute Gasteiger partial charge is 0.184 e. The SMILES string of the molecule is CCN(CC)C(C)CNC1(F)C=CC(F)=CC1. The Kier molecular flexibility index (Phi) is 5.28. The van der Waals surface area contributed by atoms with Gasteiger partial charge in [0.2, 0.25) is 0 Å². The van der Waals surface area contributed by atoms with Crippen molar-refractivity contribution in [1.29, 1.82) is 0 Å². The van der Waals surface area contributed by atoms with Gasteiger partial charge in [-0.1, -0.05) is 13.8 Å². The van der Waals surface area contributed by atoms with Gasteiger partial charge in [-0.05, 0) is 38.2 Å². The molecule has 0 aromatic heterocycles. The van der Waals surface area contributed by atoms with E-state index in [1.165, 1.54) is 18.2 Å². The molecule has 0 aromatic carbocycles. The summed E-state index contributed by atoms with van der Waals surface area (Å²) in [5, 5.41) is 2.86. The summed E-state index contributed by atoms with van der Waals surface area (Å²) in [5.41, 5.74) is 0. The number of alkyl halides is 1. The molecular weight excluding hydrogens is 222 g/mol. The summed E-state index contributed by atoms with van der Waals surface area (Å²) in [6.45, 7) is 8.68. The maximum absolute atomic E-state index is 14.1. The molecule has 0 saturated carbocycles. The van der Waals surface area contributed by atoms with E-state index in [9.17, 15) is 8.78 Å². The monoisotopic (exact) mass is 244 g/mol. The quantitative estimate of drug-likeness (QED) is 0.723. The molecule has 4 heteroatoms. The molecule has 0 spiro atoms. The average Bonchev–Trinajstić information content (AvgIpc) is 2.33. The fourth-order valence-corrected chi connectivity index (χ4v) is 2.02. The van der Waals surface area contributed by atoms with Crippen molar-refractivity contribution in [2.45, 2.75) is 39.0 Å². The van der Waals surface area contributed by atoms with E-state index in [1.807, 2.05) is 0 Å². The molecule has 0 amide bonds. The number of allylic oxidation sites excluding steroid dienone is 2. The molecule has 0 aromatic rings. The zero-order valence-electron chi connectivity index (χ0n) is 10.8. The van der Waals surface area contributed by atoms with E-state index in [1.54, 1.807) is 0 Å². The van der Waals surface area contributed by atoms with Gasteiger partial charge in [0, 0.05) is 19.0 Å². The van der Waals surface area contributed by atoms with Crippen molar-refractivity contribution in [2.24, 2.45) is 0 Å². The third-order valence-electron chi connectivity index (χ3n) is 3.23. The van der Waals surface area contributed by atoms with Crippen LogP contribution in [0.3, 0.4) is 0 Å². The molecule has 1 N–H and O–H groups in total. The van der Waals surface area contributed by atoms with Crippen LogP contribution in [0.25, 0.3) is 0 Å². The lowest BCUT2D eigenvalue weighted by atomic mass is 10.1. The van der Waals surface area contributed by atoms with Gasteiger partial charge in [0.25, 0.3) is 0 Å². The predicted molar refractivity (Wildman–Crippen MR) is 67.2 cm³/mol. The number of nitrogens with zero attached hydrogens (tertiary/aromatic N) is 1. The molecule has 2 nitrogen and oxygen atoms in total. The number of hydrogen-bond donors (Lipinski definition) is 1. The van der Waals surface area contributed by atoms with Crippen LogP contribution in [-0.2, 0) is 0 Å². The second kappa shape index (κ2) is 6.26. The molecule has 0 saturated heterocycles. The van der Waals surface area contributed by atoms with Crippen molar-refractivity contribution >= 4 is 0 Å². The molecule has 0 radical (unpaired) electrons. The van der Waals surface area contributed by atoms with E-state index < -0.39 is 5.79 Å². The summed E-state index contributed by atoms with van der Waals surface area (Å²) in [6.07, 6.45) is 3.77. The normalized spacial score (nSPS) is 26.1. The van der Waals surface area contributed by atoms with Crippen LogP contribution in [0.2, 0.25) is 0 Å². The Balaban J connectivity index is 2.43. The molecule has 1 rings (SSSR count). The first-order valence-electron chi connectivity index (χ1n) is 6.23. The molecule has 1 aliphatic rings. The highest BCUT2D eigenvalue weighted by Gasteiger charge is 2.28. The molecule has 0 aliphatic heterocycles. The minimum absolute atomic E-state index is 0.0559. The maximum atomic E-state index is 14.1. The van der Waals surface area contributed by atoms with Gasteiger partial charge in [0.1, 0.15) is 5.83 Å². The molecule has 1 aliphatic carbocycles. The first-order valence-corrected chi connectivity index (χ1v) is 6.23. The summed E-state index contributed by atoms with van der Waals surface area (Å²) in [5.74, 6) is -1.96. The Morgan fingerprint density at radius 2 is 2.12 bits per heavy atom. The lowest BCUT2D eigenvalue weighted by Gasteiger charge is -2.30. The number of likely N-dealkylation sites (N-methyl/N-ethyl adjacent to an activating group) is 1. The maximum Gasteiger partial charge on any atom is 0.184 e. The second-order valence-corrected chi connectivity index (χ2v) is 4.44.